The van der Waals surface area contributed by atoms with Gasteiger partial charge in [-0.25, -0.2) is 0 Å². The van der Waals surface area contributed by atoms with Crippen molar-refractivity contribution in [2.75, 3.05) is 18.6 Å². The molecule has 0 amide bonds. The van der Waals surface area contributed by atoms with Gasteiger partial charge in [0.15, 0.2) is 0 Å². The first-order valence-electron chi connectivity index (χ1n) is 6.40. The van der Waals surface area contributed by atoms with Gasteiger partial charge in [-0.15, -0.1) is 23.5 Å². The minimum absolute atomic E-state index is 0.948. The molecule has 19 heavy (non-hydrogen) atoms. The molecule has 100 valence electrons. The Hall–Kier alpha value is -0.900. The highest BCUT2D eigenvalue weighted by Gasteiger charge is 1.95. The fourth-order valence-electron chi connectivity index (χ4n) is 1.73. The zero-order chi connectivity index (χ0) is 13.3. The molecule has 0 aromatic heterocycles. The van der Waals surface area contributed by atoms with Crippen LogP contribution in [0.2, 0.25) is 0 Å². The molecular formula is C16H19NS2. The van der Waals surface area contributed by atoms with Crippen LogP contribution in [0.3, 0.4) is 0 Å². The van der Waals surface area contributed by atoms with Gasteiger partial charge in [0, 0.05) is 28.6 Å². The maximum Gasteiger partial charge on any atom is 0.0205 e. The summed E-state index contributed by atoms with van der Waals surface area (Å²) in [6, 6.07) is 19.3. The number of hydrogen-bond acceptors (Lipinski definition) is 3. The van der Waals surface area contributed by atoms with E-state index in [4.69, 9.17) is 0 Å². The Morgan fingerprint density at radius 3 is 2.32 bits per heavy atom. The molecule has 1 nitrogen and oxygen atoms in total. The molecule has 0 aliphatic heterocycles. The summed E-state index contributed by atoms with van der Waals surface area (Å²) >= 11 is 3.68. The predicted molar refractivity (Wildman–Crippen MR) is 87.1 cm³/mol. The van der Waals surface area contributed by atoms with Gasteiger partial charge >= 0.3 is 0 Å². The molecule has 0 spiro atoms. The summed E-state index contributed by atoms with van der Waals surface area (Å²) in [5, 5.41) is 3.48. The molecule has 0 radical (unpaired) electrons. The van der Waals surface area contributed by atoms with Crippen molar-refractivity contribution in [2.24, 2.45) is 0 Å². The van der Waals surface area contributed by atoms with Crippen LogP contribution >= 0.6 is 23.5 Å². The Morgan fingerprint density at radius 2 is 1.63 bits per heavy atom. The summed E-state index contributed by atoms with van der Waals surface area (Å²) in [6.07, 6.45) is 2.11. The van der Waals surface area contributed by atoms with Crippen molar-refractivity contribution in [3.63, 3.8) is 0 Å². The molecule has 0 bridgehead atoms. The lowest BCUT2D eigenvalue weighted by Crippen LogP contribution is -2.16. The zero-order valence-electron chi connectivity index (χ0n) is 11.1. The summed E-state index contributed by atoms with van der Waals surface area (Å²) in [6.45, 7) is 1.98. The van der Waals surface area contributed by atoms with E-state index in [0.717, 1.165) is 18.8 Å². The van der Waals surface area contributed by atoms with E-state index >= 15 is 0 Å². The van der Waals surface area contributed by atoms with E-state index < -0.39 is 0 Å². The number of nitrogens with one attached hydrogen (secondary N) is 1. The van der Waals surface area contributed by atoms with Crippen molar-refractivity contribution in [3.8, 4) is 0 Å². The Kier molecular flexibility index (Phi) is 6.34. The molecule has 2 aromatic carbocycles. The second-order valence-corrected chi connectivity index (χ2v) is 6.23. The van der Waals surface area contributed by atoms with Crippen LogP contribution in [0.25, 0.3) is 0 Å². The van der Waals surface area contributed by atoms with Crippen molar-refractivity contribution in [3.05, 3.63) is 60.2 Å². The largest absolute Gasteiger partial charge is 0.312 e. The quantitative estimate of drug-likeness (QED) is 0.603. The van der Waals surface area contributed by atoms with Crippen LogP contribution in [0.4, 0.5) is 0 Å². The average Bonchev–Trinajstić information content (AvgIpc) is 2.49. The van der Waals surface area contributed by atoms with Crippen molar-refractivity contribution in [1.29, 1.82) is 0 Å². The highest BCUT2D eigenvalue weighted by Crippen LogP contribution is 2.16. The van der Waals surface area contributed by atoms with Crippen molar-refractivity contribution >= 4 is 23.5 Å². The van der Waals surface area contributed by atoms with Gasteiger partial charge in [0.1, 0.15) is 0 Å². The smallest absolute Gasteiger partial charge is 0.0205 e. The predicted octanol–water partition coefficient (Wildman–Crippen LogP) is 4.29. The van der Waals surface area contributed by atoms with Crippen molar-refractivity contribution < 1.29 is 0 Å². The Morgan fingerprint density at radius 1 is 0.895 bits per heavy atom. The fraction of sp³-hybridized carbons (Fsp3) is 0.250. The van der Waals surface area contributed by atoms with E-state index in [1.54, 1.807) is 11.8 Å². The Balaban J connectivity index is 1.63. The fourth-order valence-corrected chi connectivity index (χ4v) is 2.97. The lowest BCUT2D eigenvalue weighted by molar-refractivity contribution is 0.731. The topological polar surface area (TPSA) is 12.0 Å². The van der Waals surface area contributed by atoms with Crippen LogP contribution in [-0.4, -0.2) is 18.6 Å². The van der Waals surface area contributed by atoms with Gasteiger partial charge in [-0.1, -0.05) is 30.3 Å². The lowest BCUT2D eigenvalue weighted by Gasteiger charge is -2.05. The maximum absolute atomic E-state index is 3.48. The van der Waals surface area contributed by atoms with E-state index in [9.17, 15) is 0 Å². The van der Waals surface area contributed by atoms with E-state index in [1.165, 1.54) is 15.4 Å². The van der Waals surface area contributed by atoms with E-state index in [1.807, 2.05) is 11.8 Å². The standard InChI is InChI=1S/C16H19NS2/c1-18-15-9-7-14(8-10-15)13-17-11-12-19-16-5-3-2-4-6-16/h2-10,17H,11-13H2,1H3. The van der Waals surface area contributed by atoms with E-state index in [-0.39, 0.29) is 0 Å². The van der Waals surface area contributed by atoms with Crippen LogP contribution in [-0.2, 0) is 6.54 Å². The minimum atomic E-state index is 0.948. The van der Waals surface area contributed by atoms with Gasteiger partial charge < -0.3 is 5.32 Å². The molecule has 0 saturated heterocycles. The second kappa shape index (κ2) is 8.31. The van der Waals surface area contributed by atoms with Crippen molar-refractivity contribution in [2.45, 2.75) is 16.3 Å². The summed E-state index contributed by atoms with van der Waals surface area (Å²) in [4.78, 5) is 2.66. The third kappa shape index (κ3) is 5.31. The lowest BCUT2D eigenvalue weighted by atomic mass is 10.2. The first kappa shape index (κ1) is 14.5. The SMILES string of the molecule is CSc1ccc(CNCCSc2ccccc2)cc1. The third-order valence-corrected chi connectivity index (χ3v) is 4.54. The summed E-state index contributed by atoms with van der Waals surface area (Å²) < 4.78 is 0. The first-order valence-corrected chi connectivity index (χ1v) is 8.61. The highest BCUT2D eigenvalue weighted by molar-refractivity contribution is 7.99. The minimum Gasteiger partial charge on any atom is -0.312 e. The molecular weight excluding hydrogens is 270 g/mol. The van der Waals surface area contributed by atoms with Gasteiger partial charge in [-0.05, 0) is 36.1 Å². The molecule has 1 N–H and O–H groups in total. The Labute approximate surface area is 124 Å². The van der Waals surface area contributed by atoms with Gasteiger partial charge in [0.25, 0.3) is 0 Å². The molecule has 0 heterocycles. The van der Waals surface area contributed by atoms with Crippen LogP contribution in [0.15, 0.2) is 64.4 Å². The molecule has 0 saturated carbocycles. The zero-order valence-corrected chi connectivity index (χ0v) is 12.8. The maximum atomic E-state index is 3.48. The van der Waals surface area contributed by atoms with Gasteiger partial charge in [-0.3, -0.25) is 0 Å². The average molecular weight is 289 g/mol. The molecule has 0 fully saturated rings. The van der Waals surface area contributed by atoms with Crippen LogP contribution in [0.1, 0.15) is 5.56 Å². The highest BCUT2D eigenvalue weighted by atomic mass is 32.2. The normalized spacial score (nSPS) is 10.6. The summed E-state index contributed by atoms with van der Waals surface area (Å²) in [7, 11) is 0. The molecule has 2 rings (SSSR count). The molecule has 0 aliphatic carbocycles. The summed E-state index contributed by atoms with van der Waals surface area (Å²) in [5.74, 6) is 1.10. The van der Waals surface area contributed by atoms with Crippen LogP contribution in [0, 0.1) is 0 Å². The van der Waals surface area contributed by atoms with Crippen LogP contribution in [0.5, 0.6) is 0 Å². The van der Waals surface area contributed by atoms with Gasteiger partial charge in [0.2, 0.25) is 0 Å². The Bertz CT molecular complexity index is 468. The number of hydrogen-bond donors (Lipinski definition) is 1. The summed E-state index contributed by atoms with van der Waals surface area (Å²) in [5.41, 5.74) is 1.35. The van der Waals surface area contributed by atoms with Gasteiger partial charge in [-0.2, -0.15) is 0 Å². The van der Waals surface area contributed by atoms with Gasteiger partial charge in [0.05, 0.1) is 0 Å². The second-order valence-electron chi connectivity index (χ2n) is 4.19. The third-order valence-electron chi connectivity index (χ3n) is 2.78. The molecule has 2 aromatic rings. The van der Waals surface area contributed by atoms with E-state index in [2.05, 4.69) is 66.2 Å². The first-order chi connectivity index (χ1) is 9.38. The number of thioether (sulfide) groups is 2. The monoisotopic (exact) mass is 289 g/mol. The van der Waals surface area contributed by atoms with Crippen LogP contribution < -0.4 is 5.32 Å². The number of rotatable bonds is 7. The molecule has 3 heteroatoms. The molecule has 0 aliphatic rings. The number of benzene rings is 2. The van der Waals surface area contributed by atoms with Crippen molar-refractivity contribution in [1.82, 2.24) is 5.32 Å². The van der Waals surface area contributed by atoms with E-state index in [0.29, 0.717) is 0 Å². The molecule has 0 unspecified atom stereocenters. The molecule has 0 atom stereocenters.